The molecule has 0 heterocycles. The maximum absolute atomic E-state index is 11.0. The first kappa shape index (κ1) is 13.7. The van der Waals surface area contributed by atoms with E-state index in [0.29, 0.717) is 12.2 Å². The van der Waals surface area contributed by atoms with Gasteiger partial charge in [-0.25, -0.2) is 4.79 Å². The van der Waals surface area contributed by atoms with Crippen LogP contribution in [0.5, 0.6) is 0 Å². The topological polar surface area (TPSA) is 26.3 Å². The number of ether oxygens (including phenoxy) is 1. The van der Waals surface area contributed by atoms with Gasteiger partial charge in [0.15, 0.2) is 0 Å². The molecule has 0 saturated carbocycles. The summed E-state index contributed by atoms with van der Waals surface area (Å²) in [5, 5.41) is 0. The summed E-state index contributed by atoms with van der Waals surface area (Å²) in [7, 11) is 0. The Hall–Kier alpha value is -1.31. The Kier molecular flexibility index (Phi) is 8.44. The van der Waals surface area contributed by atoms with Gasteiger partial charge in [-0.15, -0.1) is 0 Å². The Bertz CT molecular complexity index is 252. The number of hydrogen-bond donors (Lipinski definition) is 0. The van der Waals surface area contributed by atoms with E-state index < -0.39 is 0 Å². The standard InChI is InChI=1S/C9H10O2.C4H10/c1-2-11-9(10)8-6-4-3-5-7-8;1-3-4-2/h3-7H,2H2,1H3;3-4H2,1-2H3. The van der Waals surface area contributed by atoms with Crippen LogP contribution < -0.4 is 0 Å². The lowest BCUT2D eigenvalue weighted by Crippen LogP contribution is -2.03. The van der Waals surface area contributed by atoms with Crippen molar-refractivity contribution in [1.82, 2.24) is 0 Å². The molecule has 0 atom stereocenters. The summed E-state index contributed by atoms with van der Waals surface area (Å²) in [5.41, 5.74) is 0.606. The smallest absolute Gasteiger partial charge is 0.338 e. The summed E-state index contributed by atoms with van der Waals surface area (Å²) in [6.07, 6.45) is 2.64. The van der Waals surface area contributed by atoms with Crippen LogP contribution in [0.1, 0.15) is 44.0 Å². The van der Waals surface area contributed by atoms with Crippen LogP contribution in [-0.2, 0) is 4.74 Å². The predicted octanol–water partition coefficient (Wildman–Crippen LogP) is 3.67. The fourth-order valence-electron chi connectivity index (χ4n) is 0.789. The highest BCUT2D eigenvalue weighted by Gasteiger charge is 2.02. The number of carbonyl (C=O) groups excluding carboxylic acids is 1. The third-order valence-electron chi connectivity index (χ3n) is 1.78. The fraction of sp³-hybridized carbons (Fsp3) is 0.462. The minimum atomic E-state index is -0.256. The molecule has 0 aliphatic heterocycles. The van der Waals surface area contributed by atoms with Crippen molar-refractivity contribution in [2.75, 3.05) is 6.61 Å². The van der Waals surface area contributed by atoms with Gasteiger partial charge >= 0.3 is 5.97 Å². The van der Waals surface area contributed by atoms with Crippen molar-refractivity contribution in [2.45, 2.75) is 33.6 Å². The summed E-state index contributed by atoms with van der Waals surface area (Å²) in [6, 6.07) is 8.96. The largest absolute Gasteiger partial charge is 0.462 e. The molecule has 1 rings (SSSR count). The van der Waals surface area contributed by atoms with Gasteiger partial charge in [0.05, 0.1) is 12.2 Å². The third kappa shape index (κ3) is 6.72. The third-order valence-corrected chi connectivity index (χ3v) is 1.78. The zero-order chi connectivity index (χ0) is 11.5. The average molecular weight is 208 g/mol. The van der Waals surface area contributed by atoms with Crippen molar-refractivity contribution in [3.8, 4) is 0 Å². The first-order valence-corrected chi connectivity index (χ1v) is 5.48. The molecule has 0 fully saturated rings. The van der Waals surface area contributed by atoms with E-state index in [1.165, 1.54) is 12.8 Å². The zero-order valence-corrected chi connectivity index (χ0v) is 9.82. The van der Waals surface area contributed by atoms with Crippen LogP contribution in [0.2, 0.25) is 0 Å². The van der Waals surface area contributed by atoms with Crippen LogP contribution in [0.4, 0.5) is 0 Å². The molecule has 0 spiro atoms. The first-order chi connectivity index (χ1) is 7.26. The van der Waals surface area contributed by atoms with E-state index in [1.807, 2.05) is 18.2 Å². The van der Waals surface area contributed by atoms with Crippen molar-refractivity contribution in [3.63, 3.8) is 0 Å². The van der Waals surface area contributed by atoms with Gasteiger partial charge in [-0.05, 0) is 19.1 Å². The molecule has 0 aliphatic rings. The molecule has 0 bridgehead atoms. The Labute approximate surface area is 92.3 Å². The van der Waals surface area contributed by atoms with Crippen LogP contribution in [0, 0.1) is 0 Å². The Morgan fingerprint density at radius 3 is 2.00 bits per heavy atom. The van der Waals surface area contributed by atoms with Crippen LogP contribution >= 0.6 is 0 Å². The van der Waals surface area contributed by atoms with Crippen molar-refractivity contribution in [3.05, 3.63) is 35.9 Å². The first-order valence-electron chi connectivity index (χ1n) is 5.48. The van der Waals surface area contributed by atoms with Gasteiger partial charge in [-0.1, -0.05) is 44.9 Å². The molecule has 0 aromatic heterocycles. The highest BCUT2D eigenvalue weighted by atomic mass is 16.5. The van der Waals surface area contributed by atoms with Gasteiger partial charge in [-0.3, -0.25) is 0 Å². The molecule has 84 valence electrons. The predicted molar refractivity (Wildman–Crippen MR) is 63.0 cm³/mol. The summed E-state index contributed by atoms with van der Waals surface area (Å²) in [6.45, 7) is 6.58. The van der Waals surface area contributed by atoms with Gasteiger partial charge in [-0.2, -0.15) is 0 Å². The molecule has 0 N–H and O–H groups in total. The molecule has 0 aliphatic carbocycles. The number of hydrogen-bond acceptors (Lipinski definition) is 2. The molecule has 2 heteroatoms. The van der Waals surface area contributed by atoms with E-state index in [1.54, 1.807) is 19.1 Å². The van der Waals surface area contributed by atoms with E-state index in [0.717, 1.165) is 0 Å². The lowest BCUT2D eigenvalue weighted by Gasteiger charge is -1.99. The monoisotopic (exact) mass is 208 g/mol. The van der Waals surface area contributed by atoms with Crippen molar-refractivity contribution in [1.29, 1.82) is 0 Å². The molecule has 1 aromatic rings. The van der Waals surface area contributed by atoms with Gasteiger partial charge in [0.2, 0.25) is 0 Å². The minimum absolute atomic E-state index is 0.256. The van der Waals surface area contributed by atoms with Crippen molar-refractivity contribution < 1.29 is 9.53 Å². The molecule has 0 unspecified atom stereocenters. The van der Waals surface area contributed by atoms with E-state index in [9.17, 15) is 4.79 Å². The van der Waals surface area contributed by atoms with Gasteiger partial charge in [0.25, 0.3) is 0 Å². The van der Waals surface area contributed by atoms with Crippen LogP contribution in [0.15, 0.2) is 30.3 Å². The number of esters is 1. The van der Waals surface area contributed by atoms with Crippen molar-refractivity contribution in [2.24, 2.45) is 0 Å². The molecular formula is C13H20O2. The normalized spacial score (nSPS) is 8.73. The quantitative estimate of drug-likeness (QED) is 0.708. The number of benzene rings is 1. The molecular weight excluding hydrogens is 188 g/mol. The van der Waals surface area contributed by atoms with Crippen LogP contribution in [0.25, 0.3) is 0 Å². The Morgan fingerprint density at radius 1 is 1.07 bits per heavy atom. The molecule has 1 aromatic carbocycles. The highest BCUT2D eigenvalue weighted by Crippen LogP contribution is 1.99. The maximum atomic E-state index is 11.0. The molecule has 0 saturated heterocycles. The van der Waals surface area contributed by atoms with E-state index in [2.05, 4.69) is 13.8 Å². The molecule has 0 radical (unpaired) electrons. The fourth-order valence-corrected chi connectivity index (χ4v) is 0.789. The van der Waals surface area contributed by atoms with Gasteiger partial charge in [0.1, 0.15) is 0 Å². The van der Waals surface area contributed by atoms with E-state index in [4.69, 9.17) is 4.74 Å². The lowest BCUT2D eigenvalue weighted by molar-refractivity contribution is 0.0526. The van der Waals surface area contributed by atoms with Gasteiger partial charge in [0, 0.05) is 0 Å². The summed E-state index contributed by atoms with van der Waals surface area (Å²) in [4.78, 5) is 11.0. The van der Waals surface area contributed by atoms with E-state index >= 15 is 0 Å². The minimum Gasteiger partial charge on any atom is -0.462 e. The van der Waals surface area contributed by atoms with Crippen LogP contribution in [0.3, 0.4) is 0 Å². The second-order valence-corrected chi connectivity index (χ2v) is 3.09. The Balaban J connectivity index is 0.000000423. The number of carbonyl (C=O) groups is 1. The van der Waals surface area contributed by atoms with Gasteiger partial charge < -0.3 is 4.74 Å². The molecule has 0 amide bonds. The number of unbranched alkanes of at least 4 members (excludes halogenated alkanes) is 1. The van der Waals surface area contributed by atoms with Crippen LogP contribution in [-0.4, -0.2) is 12.6 Å². The summed E-state index contributed by atoms with van der Waals surface area (Å²) < 4.78 is 4.79. The lowest BCUT2D eigenvalue weighted by atomic mass is 10.2. The second-order valence-electron chi connectivity index (χ2n) is 3.09. The molecule has 15 heavy (non-hydrogen) atoms. The van der Waals surface area contributed by atoms with E-state index in [-0.39, 0.29) is 5.97 Å². The summed E-state index contributed by atoms with van der Waals surface area (Å²) >= 11 is 0. The number of rotatable bonds is 3. The SMILES string of the molecule is CCCC.CCOC(=O)c1ccccc1. The van der Waals surface area contributed by atoms with Crippen molar-refractivity contribution >= 4 is 5.97 Å². The zero-order valence-electron chi connectivity index (χ0n) is 9.82. The highest BCUT2D eigenvalue weighted by molar-refractivity contribution is 5.89. The maximum Gasteiger partial charge on any atom is 0.338 e. The summed E-state index contributed by atoms with van der Waals surface area (Å²) in [5.74, 6) is -0.256. The molecule has 2 nitrogen and oxygen atoms in total. The second kappa shape index (κ2) is 9.25. The Morgan fingerprint density at radius 2 is 1.60 bits per heavy atom. The average Bonchev–Trinajstić information content (AvgIpc) is 2.31.